The first-order chi connectivity index (χ1) is 9.31. The Kier molecular flexibility index (Phi) is 8.50. The normalized spacial score (nSPS) is 19.4. The molecule has 5 heteroatoms. The van der Waals surface area contributed by atoms with Gasteiger partial charge < -0.3 is 15.0 Å². The van der Waals surface area contributed by atoms with Crippen molar-refractivity contribution >= 4 is 18.3 Å². The van der Waals surface area contributed by atoms with E-state index < -0.39 is 0 Å². The first-order valence-electron chi connectivity index (χ1n) is 7.80. The monoisotopic (exact) mass is 304 g/mol. The Balaban J connectivity index is 0.00000200. The zero-order valence-electron chi connectivity index (χ0n) is 12.6. The second kappa shape index (κ2) is 9.59. The van der Waals surface area contributed by atoms with Crippen LogP contribution in [0.1, 0.15) is 44.9 Å². The maximum absolute atomic E-state index is 12.4. The average Bonchev–Trinajstić information content (AvgIpc) is 3.26. The molecule has 4 nitrogen and oxygen atoms in total. The fourth-order valence-corrected chi connectivity index (χ4v) is 2.90. The molecule has 0 aromatic carbocycles. The van der Waals surface area contributed by atoms with Gasteiger partial charge in [0.1, 0.15) is 0 Å². The molecule has 0 aromatic heterocycles. The number of halogens is 1. The summed E-state index contributed by atoms with van der Waals surface area (Å²) in [5.74, 6) is 1.07. The van der Waals surface area contributed by atoms with Gasteiger partial charge in [-0.25, -0.2) is 0 Å². The summed E-state index contributed by atoms with van der Waals surface area (Å²) < 4.78 is 4.99. The average molecular weight is 305 g/mol. The molecular weight excluding hydrogens is 276 g/mol. The highest BCUT2D eigenvalue weighted by Gasteiger charge is 2.31. The van der Waals surface area contributed by atoms with Crippen molar-refractivity contribution in [2.24, 2.45) is 5.92 Å². The highest BCUT2D eigenvalue weighted by molar-refractivity contribution is 5.85. The molecule has 2 aliphatic carbocycles. The number of methoxy groups -OCH3 is 1. The van der Waals surface area contributed by atoms with Gasteiger partial charge in [-0.1, -0.05) is 19.3 Å². The van der Waals surface area contributed by atoms with Crippen LogP contribution in [0.4, 0.5) is 0 Å². The van der Waals surface area contributed by atoms with Crippen molar-refractivity contribution < 1.29 is 9.53 Å². The first-order valence-corrected chi connectivity index (χ1v) is 7.80. The van der Waals surface area contributed by atoms with Crippen LogP contribution in [0.5, 0.6) is 0 Å². The van der Waals surface area contributed by atoms with E-state index in [0.717, 1.165) is 19.0 Å². The molecule has 0 aliphatic heterocycles. The maximum atomic E-state index is 12.4. The number of carbonyl (C=O) groups is 1. The largest absolute Gasteiger partial charge is 0.383 e. The number of hydrogen-bond acceptors (Lipinski definition) is 3. The van der Waals surface area contributed by atoms with E-state index in [4.69, 9.17) is 4.74 Å². The van der Waals surface area contributed by atoms with Gasteiger partial charge in [0, 0.05) is 26.2 Å². The lowest BCUT2D eigenvalue weighted by molar-refractivity contribution is -0.133. The molecule has 0 bridgehead atoms. The summed E-state index contributed by atoms with van der Waals surface area (Å²) in [7, 11) is 1.69. The predicted octanol–water partition coefficient (Wildman–Crippen LogP) is 2.22. The summed E-state index contributed by atoms with van der Waals surface area (Å²) in [4.78, 5) is 14.6. The maximum Gasteiger partial charge on any atom is 0.236 e. The highest BCUT2D eigenvalue weighted by Crippen LogP contribution is 2.32. The van der Waals surface area contributed by atoms with E-state index in [1.807, 2.05) is 0 Å². The number of nitrogens with one attached hydrogen (secondary N) is 1. The van der Waals surface area contributed by atoms with Crippen LogP contribution in [0.2, 0.25) is 0 Å². The third-order valence-electron chi connectivity index (χ3n) is 4.25. The molecule has 118 valence electrons. The van der Waals surface area contributed by atoms with Gasteiger partial charge in [0.2, 0.25) is 5.91 Å². The van der Waals surface area contributed by atoms with E-state index >= 15 is 0 Å². The summed E-state index contributed by atoms with van der Waals surface area (Å²) in [6.45, 7) is 2.88. The van der Waals surface area contributed by atoms with Gasteiger partial charge in [0.25, 0.3) is 0 Å². The lowest BCUT2D eigenvalue weighted by atomic mass is 9.94. The lowest BCUT2D eigenvalue weighted by Crippen LogP contribution is -2.46. The zero-order valence-corrected chi connectivity index (χ0v) is 13.4. The highest BCUT2D eigenvalue weighted by atomic mass is 35.5. The van der Waals surface area contributed by atoms with Crippen molar-refractivity contribution in [2.75, 3.05) is 33.4 Å². The predicted molar refractivity (Wildman–Crippen MR) is 83.3 cm³/mol. The smallest absolute Gasteiger partial charge is 0.236 e. The van der Waals surface area contributed by atoms with Crippen molar-refractivity contribution in [3.63, 3.8) is 0 Å². The van der Waals surface area contributed by atoms with Gasteiger partial charge in [-0.2, -0.15) is 0 Å². The van der Waals surface area contributed by atoms with Crippen LogP contribution in [0.15, 0.2) is 0 Å². The third kappa shape index (κ3) is 5.98. The molecule has 0 atom stereocenters. The molecule has 1 amide bonds. The topological polar surface area (TPSA) is 41.6 Å². The van der Waals surface area contributed by atoms with E-state index in [1.54, 1.807) is 7.11 Å². The minimum Gasteiger partial charge on any atom is -0.383 e. The van der Waals surface area contributed by atoms with Crippen molar-refractivity contribution in [3.05, 3.63) is 0 Å². The minimum atomic E-state index is 0. The molecule has 0 heterocycles. The van der Waals surface area contributed by atoms with Gasteiger partial charge in [-0.05, 0) is 31.6 Å². The molecule has 2 saturated carbocycles. The number of nitrogens with zero attached hydrogens (tertiary/aromatic N) is 1. The standard InChI is InChI=1S/C15H28N2O2.ClH/c1-19-10-9-16-11-15(18)17(12-13-7-8-13)14-5-3-2-4-6-14;/h13-14,16H,2-12H2,1H3;1H. The third-order valence-corrected chi connectivity index (χ3v) is 4.25. The number of hydrogen-bond donors (Lipinski definition) is 1. The number of ether oxygens (including phenoxy) is 1. The minimum absolute atomic E-state index is 0. The Labute approximate surface area is 129 Å². The summed E-state index contributed by atoms with van der Waals surface area (Å²) >= 11 is 0. The van der Waals surface area contributed by atoms with Crippen LogP contribution < -0.4 is 5.32 Å². The van der Waals surface area contributed by atoms with Crippen molar-refractivity contribution in [1.82, 2.24) is 10.2 Å². The fraction of sp³-hybridized carbons (Fsp3) is 0.933. The van der Waals surface area contributed by atoms with Crippen LogP contribution >= 0.6 is 12.4 Å². The van der Waals surface area contributed by atoms with Crippen LogP contribution in [0.3, 0.4) is 0 Å². The van der Waals surface area contributed by atoms with E-state index in [0.29, 0.717) is 19.2 Å². The summed E-state index contributed by atoms with van der Waals surface area (Å²) in [6.07, 6.45) is 8.95. The number of carbonyl (C=O) groups excluding carboxylic acids is 1. The van der Waals surface area contributed by atoms with E-state index in [9.17, 15) is 4.79 Å². The Morgan fingerprint density at radius 2 is 1.90 bits per heavy atom. The molecular formula is C15H29ClN2O2. The summed E-state index contributed by atoms with van der Waals surface area (Å²) in [6, 6.07) is 0.506. The van der Waals surface area contributed by atoms with Gasteiger partial charge in [0.15, 0.2) is 0 Å². The second-order valence-electron chi connectivity index (χ2n) is 5.95. The Morgan fingerprint density at radius 1 is 1.20 bits per heavy atom. The fourth-order valence-electron chi connectivity index (χ4n) is 2.90. The number of amides is 1. The molecule has 0 spiro atoms. The Hall–Kier alpha value is -0.320. The second-order valence-corrected chi connectivity index (χ2v) is 5.95. The van der Waals surface area contributed by atoms with Crippen molar-refractivity contribution in [3.8, 4) is 0 Å². The van der Waals surface area contributed by atoms with Crippen LogP contribution in [-0.4, -0.2) is 50.2 Å². The van der Waals surface area contributed by atoms with Crippen LogP contribution in [-0.2, 0) is 9.53 Å². The molecule has 0 radical (unpaired) electrons. The van der Waals surface area contributed by atoms with Crippen LogP contribution in [0.25, 0.3) is 0 Å². The Bertz CT molecular complexity index is 279. The summed E-state index contributed by atoms with van der Waals surface area (Å²) in [5.41, 5.74) is 0. The number of rotatable bonds is 8. The molecule has 0 saturated heterocycles. The molecule has 2 rings (SSSR count). The van der Waals surface area contributed by atoms with Gasteiger partial charge in [-0.15, -0.1) is 12.4 Å². The quantitative estimate of drug-likeness (QED) is 0.699. The molecule has 0 unspecified atom stereocenters. The van der Waals surface area contributed by atoms with E-state index in [2.05, 4.69) is 10.2 Å². The van der Waals surface area contributed by atoms with Crippen molar-refractivity contribution in [2.45, 2.75) is 51.0 Å². The van der Waals surface area contributed by atoms with Crippen LogP contribution in [0, 0.1) is 5.92 Å². The first kappa shape index (κ1) is 17.7. The molecule has 20 heavy (non-hydrogen) atoms. The summed E-state index contributed by atoms with van der Waals surface area (Å²) in [5, 5.41) is 3.18. The van der Waals surface area contributed by atoms with E-state index in [-0.39, 0.29) is 18.3 Å². The van der Waals surface area contributed by atoms with E-state index in [1.165, 1.54) is 44.9 Å². The van der Waals surface area contributed by atoms with Gasteiger partial charge in [0.05, 0.1) is 13.2 Å². The van der Waals surface area contributed by atoms with Gasteiger partial charge in [-0.3, -0.25) is 4.79 Å². The molecule has 2 fully saturated rings. The molecule has 2 aliphatic rings. The molecule has 1 N–H and O–H groups in total. The van der Waals surface area contributed by atoms with Gasteiger partial charge >= 0.3 is 0 Å². The van der Waals surface area contributed by atoms with Crippen molar-refractivity contribution in [1.29, 1.82) is 0 Å². The SMILES string of the molecule is COCCNCC(=O)N(CC1CC1)C1CCCCC1.Cl. The lowest BCUT2D eigenvalue weighted by Gasteiger charge is -2.34. The molecule has 0 aromatic rings. The Morgan fingerprint density at radius 3 is 2.50 bits per heavy atom. The zero-order chi connectivity index (χ0) is 13.5.